The van der Waals surface area contributed by atoms with E-state index in [9.17, 15) is 39.5 Å². The molecule has 3 nitrogen and oxygen atoms in total. The lowest BCUT2D eigenvalue weighted by Crippen LogP contribution is -2.68. The van der Waals surface area contributed by atoms with Crippen LogP contribution < -0.4 is 0 Å². The van der Waals surface area contributed by atoms with Crippen molar-refractivity contribution in [3.05, 3.63) is 0 Å². The van der Waals surface area contributed by atoms with Crippen molar-refractivity contribution in [3.63, 3.8) is 0 Å². The molecule has 0 amide bonds. The van der Waals surface area contributed by atoms with Crippen molar-refractivity contribution < 1.29 is 47.3 Å². The molecule has 26 heavy (non-hydrogen) atoms. The average molecular weight is 515 g/mol. The molecular weight excluding hydrogens is 500 g/mol. The first-order chi connectivity index (χ1) is 11.7. The van der Waals surface area contributed by atoms with Crippen LogP contribution in [0.5, 0.6) is 0 Å². The van der Waals surface area contributed by atoms with Crippen molar-refractivity contribution in [1.82, 2.24) is 4.90 Å². The third-order valence-electron chi connectivity index (χ3n) is 5.05. The fraction of sp³-hybridized carbons (Fsp3) is 1.00. The first kappa shape index (κ1) is 22.3. The summed E-state index contributed by atoms with van der Waals surface area (Å²) in [5.74, 6) is 0. The average Bonchev–Trinajstić information content (AvgIpc) is 2.94. The van der Waals surface area contributed by atoms with Gasteiger partial charge >= 0.3 is 24.1 Å². The van der Waals surface area contributed by atoms with Gasteiger partial charge in [0.05, 0.1) is 13.2 Å². The quantitative estimate of drug-likeness (QED) is 0.389. The maximum absolute atomic E-state index is 12.9. The van der Waals surface area contributed by atoms with Crippen LogP contribution in [-0.4, -0.2) is 60.4 Å². The molecule has 0 radical (unpaired) electrons. The van der Waals surface area contributed by atoms with Gasteiger partial charge in [-0.2, -0.15) is 39.5 Å². The highest BCUT2D eigenvalue weighted by atomic mass is 127. The van der Waals surface area contributed by atoms with Crippen molar-refractivity contribution in [1.29, 1.82) is 0 Å². The molecule has 0 bridgehead atoms. The van der Waals surface area contributed by atoms with Crippen molar-refractivity contribution in [2.75, 3.05) is 19.8 Å². The zero-order valence-corrected chi connectivity index (χ0v) is 15.2. The van der Waals surface area contributed by atoms with Gasteiger partial charge in [-0.05, 0) is 32.2 Å². The Morgan fingerprint density at radius 2 is 1.46 bits per heavy atom. The predicted molar refractivity (Wildman–Crippen MR) is 78.5 cm³/mol. The molecule has 154 valence electrons. The van der Waals surface area contributed by atoms with Crippen LogP contribution in [0.25, 0.3) is 0 Å². The number of halogens is 10. The molecule has 2 fully saturated rings. The van der Waals surface area contributed by atoms with E-state index in [-0.39, 0.29) is 13.0 Å². The summed E-state index contributed by atoms with van der Waals surface area (Å²) in [5.41, 5.74) is -6.79. The highest BCUT2D eigenvalue weighted by molar-refractivity contribution is 14.1. The summed E-state index contributed by atoms with van der Waals surface area (Å²) in [6.07, 6.45) is -18.3. The topological polar surface area (TPSA) is 21.7 Å². The van der Waals surface area contributed by atoms with Crippen LogP contribution in [0.1, 0.15) is 25.7 Å². The first-order valence-corrected chi connectivity index (χ1v) is 8.44. The summed E-state index contributed by atoms with van der Waals surface area (Å²) in [5, 5.41) is 0. The molecular formula is C13H15F9INO2. The molecule has 2 heterocycles. The van der Waals surface area contributed by atoms with Crippen molar-refractivity contribution in [2.45, 2.75) is 61.4 Å². The standard InChI is InChI=1S/C13H15F9INO2/c14-11(15,16)10(12(17,18)19,13(20,21)22)25-6-8-2-4-9(7-26-23)3-1-5-24(8)9/h8H,1-7H2/t8-,9-/m0/s1. The summed E-state index contributed by atoms with van der Waals surface area (Å²) in [6, 6.07) is -0.976. The lowest BCUT2D eigenvalue weighted by atomic mass is 9.95. The number of ether oxygens (including phenoxy) is 1. The summed E-state index contributed by atoms with van der Waals surface area (Å²) in [7, 11) is 0. The maximum atomic E-state index is 12.9. The second-order valence-corrected chi connectivity index (χ2v) is 7.08. The number of hydrogen-bond acceptors (Lipinski definition) is 3. The van der Waals surface area contributed by atoms with Crippen LogP contribution >= 0.6 is 23.0 Å². The molecule has 2 aliphatic heterocycles. The molecule has 0 saturated carbocycles. The van der Waals surface area contributed by atoms with E-state index in [2.05, 4.69) is 4.74 Å². The Morgan fingerprint density at radius 1 is 0.923 bits per heavy atom. The normalized spacial score (nSPS) is 28.6. The van der Waals surface area contributed by atoms with Gasteiger partial charge in [-0.15, -0.1) is 0 Å². The van der Waals surface area contributed by atoms with Crippen LogP contribution in [-0.2, 0) is 7.80 Å². The monoisotopic (exact) mass is 515 g/mol. The van der Waals surface area contributed by atoms with Crippen LogP contribution in [0, 0.1) is 0 Å². The van der Waals surface area contributed by atoms with E-state index in [1.165, 1.54) is 0 Å². The Balaban J connectivity index is 2.26. The van der Waals surface area contributed by atoms with Crippen molar-refractivity contribution in [3.8, 4) is 0 Å². The molecule has 0 aromatic heterocycles. The molecule has 2 atom stereocenters. The number of hydrogen-bond donors (Lipinski definition) is 0. The third kappa shape index (κ3) is 3.52. The minimum Gasteiger partial charge on any atom is -0.349 e. The van der Waals surface area contributed by atoms with Gasteiger partial charge in [-0.25, -0.2) is 0 Å². The number of fused-ring (bicyclic) bond motifs is 1. The first-order valence-electron chi connectivity index (χ1n) is 7.56. The Morgan fingerprint density at radius 3 is 1.92 bits per heavy atom. The molecule has 0 aliphatic carbocycles. The van der Waals surface area contributed by atoms with Gasteiger partial charge in [0.25, 0.3) is 0 Å². The fourth-order valence-corrected chi connectivity index (χ4v) is 4.42. The third-order valence-corrected chi connectivity index (χ3v) is 5.36. The zero-order chi connectivity index (χ0) is 20.0. The highest BCUT2D eigenvalue weighted by Gasteiger charge is 2.85. The van der Waals surface area contributed by atoms with Crippen molar-refractivity contribution >= 4 is 23.0 Å². The lowest BCUT2D eigenvalue weighted by Gasteiger charge is -2.40. The van der Waals surface area contributed by atoms with Crippen molar-refractivity contribution in [2.24, 2.45) is 0 Å². The molecule has 0 spiro atoms. The molecule has 0 aromatic carbocycles. The lowest BCUT2D eigenvalue weighted by molar-refractivity contribution is -0.458. The van der Waals surface area contributed by atoms with E-state index in [0.717, 1.165) is 0 Å². The van der Waals surface area contributed by atoms with E-state index < -0.39 is 42.3 Å². The van der Waals surface area contributed by atoms with Crippen LogP contribution in [0.4, 0.5) is 39.5 Å². The molecule has 0 aromatic rings. The molecule has 13 heteroatoms. The van der Waals surface area contributed by atoms with Gasteiger partial charge < -0.3 is 7.80 Å². The van der Waals surface area contributed by atoms with E-state index in [0.29, 0.717) is 25.8 Å². The molecule has 2 rings (SSSR count). The van der Waals surface area contributed by atoms with E-state index in [1.807, 2.05) is 0 Å². The Kier molecular flexibility index (Phi) is 6.08. The van der Waals surface area contributed by atoms with Gasteiger partial charge in [0, 0.05) is 11.6 Å². The predicted octanol–water partition coefficient (Wildman–Crippen LogP) is 4.79. The highest BCUT2D eigenvalue weighted by Crippen LogP contribution is 2.55. The fourth-order valence-electron chi connectivity index (χ4n) is 3.84. The van der Waals surface area contributed by atoms with Gasteiger partial charge in [-0.3, -0.25) is 4.90 Å². The van der Waals surface area contributed by atoms with Gasteiger partial charge in [-0.1, -0.05) is 0 Å². The Labute approximate surface area is 156 Å². The van der Waals surface area contributed by atoms with E-state index in [1.54, 1.807) is 27.9 Å². The number of alkyl halides is 9. The summed E-state index contributed by atoms with van der Waals surface area (Å²) in [6.45, 7) is -0.792. The van der Waals surface area contributed by atoms with Gasteiger partial charge in [0.15, 0.2) is 0 Å². The van der Waals surface area contributed by atoms with Crippen LogP contribution in [0.3, 0.4) is 0 Å². The van der Waals surface area contributed by atoms with Gasteiger partial charge in [0.2, 0.25) is 0 Å². The molecule has 2 aliphatic rings. The minimum absolute atomic E-state index is 0.129. The maximum Gasteiger partial charge on any atom is 0.435 e. The SMILES string of the molecule is FC(F)(F)C(OC[C@@H]1CC[C@]2(COI)CCCN12)(C(F)(F)F)C(F)(F)F. The Bertz CT molecular complexity index is 471. The zero-order valence-electron chi connectivity index (χ0n) is 13.1. The second-order valence-electron chi connectivity index (χ2n) is 6.45. The Hall–Kier alpha value is -0.0200. The second kappa shape index (κ2) is 7.10. The molecule has 0 N–H and O–H groups in total. The number of nitrogens with zero attached hydrogens (tertiary/aromatic N) is 1. The summed E-state index contributed by atoms with van der Waals surface area (Å²) in [4.78, 5) is 1.61. The smallest absolute Gasteiger partial charge is 0.349 e. The van der Waals surface area contributed by atoms with Gasteiger partial charge in [0.1, 0.15) is 23.0 Å². The summed E-state index contributed by atoms with van der Waals surface area (Å²) < 4.78 is 125. The summed E-state index contributed by atoms with van der Waals surface area (Å²) >= 11 is 1.62. The van der Waals surface area contributed by atoms with E-state index >= 15 is 0 Å². The minimum atomic E-state index is -6.70. The number of rotatable bonds is 5. The van der Waals surface area contributed by atoms with Crippen LogP contribution in [0.15, 0.2) is 0 Å². The largest absolute Gasteiger partial charge is 0.435 e. The molecule has 0 unspecified atom stereocenters. The van der Waals surface area contributed by atoms with Crippen LogP contribution in [0.2, 0.25) is 0 Å². The van der Waals surface area contributed by atoms with E-state index in [4.69, 9.17) is 3.07 Å². The molecule has 2 saturated heterocycles.